The number of fused-ring (bicyclic) bond motifs is 1. The second-order valence-corrected chi connectivity index (χ2v) is 3.42. The summed E-state index contributed by atoms with van der Waals surface area (Å²) in [5.74, 6) is -0.461. The molecule has 0 aliphatic carbocycles. The highest BCUT2D eigenvalue weighted by atomic mass is 16.5. The predicted molar refractivity (Wildman–Crippen MR) is 60.4 cm³/mol. The van der Waals surface area contributed by atoms with Crippen LogP contribution in [0.3, 0.4) is 0 Å². The highest BCUT2D eigenvalue weighted by Crippen LogP contribution is 2.22. The number of aryl methyl sites for hydroxylation is 1. The highest BCUT2D eigenvalue weighted by Gasteiger charge is 2.14. The molecule has 0 saturated carbocycles. The Morgan fingerprint density at radius 2 is 2.31 bits per heavy atom. The number of nitrogens with zero attached hydrogens (tertiary/aromatic N) is 2. The standard InChI is InChI=1S/C11H13N3O2/c1-3-16-11-13-8-6-4-5-7(10(12)15)9(8)14(11)2/h4-6H,3H2,1-2H3,(H2,12,15). The van der Waals surface area contributed by atoms with Crippen molar-refractivity contribution in [3.05, 3.63) is 23.8 Å². The van der Waals surface area contributed by atoms with E-state index in [0.29, 0.717) is 29.2 Å². The van der Waals surface area contributed by atoms with Crippen LogP contribution in [0, 0.1) is 0 Å². The summed E-state index contributed by atoms with van der Waals surface area (Å²) < 4.78 is 7.09. The summed E-state index contributed by atoms with van der Waals surface area (Å²) in [6.45, 7) is 2.41. The van der Waals surface area contributed by atoms with Gasteiger partial charge in [0.1, 0.15) is 0 Å². The number of benzene rings is 1. The van der Waals surface area contributed by atoms with Gasteiger partial charge in [0.2, 0.25) is 0 Å². The van der Waals surface area contributed by atoms with Crippen LogP contribution in [0.25, 0.3) is 11.0 Å². The molecule has 2 rings (SSSR count). The minimum absolute atomic E-state index is 0.457. The zero-order valence-corrected chi connectivity index (χ0v) is 9.23. The zero-order chi connectivity index (χ0) is 11.7. The number of aromatic nitrogens is 2. The zero-order valence-electron chi connectivity index (χ0n) is 9.23. The second-order valence-electron chi connectivity index (χ2n) is 3.42. The number of hydrogen-bond donors (Lipinski definition) is 1. The van der Waals surface area contributed by atoms with Crippen LogP contribution >= 0.6 is 0 Å². The van der Waals surface area contributed by atoms with Crippen molar-refractivity contribution in [3.8, 4) is 6.01 Å². The molecular weight excluding hydrogens is 206 g/mol. The number of carbonyl (C=O) groups excluding carboxylic acids is 1. The molecule has 0 unspecified atom stereocenters. The maximum atomic E-state index is 11.3. The number of rotatable bonds is 3. The summed E-state index contributed by atoms with van der Waals surface area (Å²) in [6.07, 6.45) is 0. The van der Waals surface area contributed by atoms with Gasteiger partial charge in [-0.3, -0.25) is 9.36 Å². The molecule has 1 heterocycles. The second kappa shape index (κ2) is 3.84. The van der Waals surface area contributed by atoms with Gasteiger partial charge in [-0.2, -0.15) is 4.98 Å². The molecule has 0 fully saturated rings. The lowest BCUT2D eigenvalue weighted by molar-refractivity contribution is 0.100. The smallest absolute Gasteiger partial charge is 0.297 e. The van der Waals surface area contributed by atoms with E-state index >= 15 is 0 Å². The van der Waals surface area contributed by atoms with Crippen molar-refractivity contribution in [2.75, 3.05) is 6.61 Å². The summed E-state index contributed by atoms with van der Waals surface area (Å²) >= 11 is 0. The van der Waals surface area contributed by atoms with E-state index in [0.717, 1.165) is 0 Å². The fourth-order valence-corrected chi connectivity index (χ4v) is 1.70. The fourth-order valence-electron chi connectivity index (χ4n) is 1.70. The van der Waals surface area contributed by atoms with Gasteiger partial charge in [-0.15, -0.1) is 0 Å². The van der Waals surface area contributed by atoms with Crippen LogP contribution in [0.2, 0.25) is 0 Å². The van der Waals surface area contributed by atoms with E-state index in [9.17, 15) is 4.79 Å². The average Bonchev–Trinajstić information content (AvgIpc) is 2.57. The number of imidazole rings is 1. The molecule has 16 heavy (non-hydrogen) atoms. The van der Waals surface area contributed by atoms with Crippen molar-refractivity contribution in [1.82, 2.24) is 9.55 Å². The third-order valence-corrected chi connectivity index (χ3v) is 2.39. The molecule has 1 aromatic heterocycles. The Morgan fingerprint density at radius 3 is 2.94 bits per heavy atom. The van der Waals surface area contributed by atoms with E-state index in [2.05, 4.69) is 4.98 Å². The molecule has 2 aromatic rings. The first-order valence-electron chi connectivity index (χ1n) is 5.03. The maximum absolute atomic E-state index is 11.3. The largest absolute Gasteiger partial charge is 0.465 e. The van der Waals surface area contributed by atoms with E-state index in [1.54, 1.807) is 23.7 Å². The number of carbonyl (C=O) groups is 1. The van der Waals surface area contributed by atoms with Crippen LogP contribution in [-0.4, -0.2) is 22.1 Å². The van der Waals surface area contributed by atoms with Gasteiger partial charge in [0.15, 0.2) is 0 Å². The molecule has 2 N–H and O–H groups in total. The van der Waals surface area contributed by atoms with Gasteiger partial charge < -0.3 is 10.5 Å². The lowest BCUT2D eigenvalue weighted by Crippen LogP contribution is -2.12. The average molecular weight is 219 g/mol. The quantitative estimate of drug-likeness (QED) is 0.839. The third kappa shape index (κ3) is 1.50. The molecule has 0 radical (unpaired) electrons. The van der Waals surface area contributed by atoms with Gasteiger partial charge in [0.05, 0.1) is 23.2 Å². The van der Waals surface area contributed by atoms with Crippen molar-refractivity contribution >= 4 is 16.9 Å². The number of hydrogen-bond acceptors (Lipinski definition) is 3. The number of para-hydroxylation sites is 1. The van der Waals surface area contributed by atoms with Gasteiger partial charge in [-0.05, 0) is 19.1 Å². The first-order valence-corrected chi connectivity index (χ1v) is 5.03. The van der Waals surface area contributed by atoms with E-state index in [1.807, 2.05) is 13.0 Å². The fraction of sp³-hybridized carbons (Fsp3) is 0.273. The predicted octanol–water partition coefficient (Wildman–Crippen LogP) is 1.07. The summed E-state index contributed by atoms with van der Waals surface area (Å²) in [6, 6.07) is 5.75. The van der Waals surface area contributed by atoms with Crippen LogP contribution in [-0.2, 0) is 7.05 Å². The molecule has 0 saturated heterocycles. The first-order chi connectivity index (χ1) is 7.65. The summed E-state index contributed by atoms with van der Waals surface area (Å²) in [5, 5.41) is 0. The van der Waals surface area contributed by atoms with Gasteiger partial charge in [0, 0.05) is 7.05 Å². The monoisotopic (exact) mass is 219 g/mol. The minimum atomic E-state index is -0.461. The number of amides is 1. The van der Waals surface area contributed by atoms with E-state index < -0.39 is 5.91 Å². The molecule has 0 bridgehead atoms. The molecule has 0 atom stereocenters. The molecule has 1 amide bonds. The van der Waals surface area contributed by atoms with Crippen molar-refractivity contribution in [2.45, 2.75) is 6.92 Å². The highest BCUT2D eigenvalue weighted by molar-refractivity contribution is 6.04. The van der Waals surface area contributed by atoms with E-state index in [4.69, 9.17) is 10.5 Å². The Balaban J connectivity index is 2.72. The number of ether oxygens (including phenoxy) is 1. The van der Waals surface area contributed by atoms with Crippen LogP contribution in [0.4, 0.5) is 0 Å². The van der Waals surface area contributed by atoms with Gasteiger partial charge in [-0.25, -0.2) is 0 Å². The Labute approximate surface area is 92.8 Å². The normalized spacial score (nSPS) is 10.6. The topological polar surface area (TPSA) is 70.1 Å². The SMILES string of the molecule is CCOc1nc2cccc(C(N)=O)c2n1C. The van der Waals surface area contributed by atoms with Crippen LogP contribution < -0.4 is 10.5 Å². The molecule has 0 aliphatic heterocycles. The lowest BCUT2D eigenvalue weighted by Gasteiger charge is -2.03. The summed E-state index contributed by atoms with van der Waals surface area (Å²) in [5.41, 5.74) is 7.19. The Kier molecular flexibility index (Phi) is 2.52. The van der Waals surface area contributed by atoms with Crippen molar-refractivity contribution in [3.63, 3.8) is 0 Å². The van der Waals surface area contributed by atoms with Crippen LogP contribution in [0.1, 0.15) is 17.3 Å². The van der Waals surface area contributed by atoms with Crippen molar-refractivity contribution in [1.29, 1.82) is 0 Å². The molecule has 0 spiro atoms. The third-order valence-electron chi connectivity index (χ3n) is 2.39. The Morgan fingerprint density at radius 1 is 1.56 bits per heavy atom. The first kappa shape index (κ1) is 10.5. The number of primary amides is 1. The van der Waals surface area contributed by atoms with E-state index in [1.165, 1.54) is 0 Å². The van der Waals surface area contributed by atoms with E-state index in [-0.39, 0.29) is 0 Å². The molecule has 5 heteroatoms. The van der Waals surface area contributed by atoms with Gasteiger partial charge in [0.25, 0.3) is 11.9 Å². The van der Waals surface area contributed by atoms with Crippen LogP contribution in [0.5, 0.6) is 6.01 Å². The van der Waals surface area contributed by atoms with Crippen LogP contribution in [0.15, 0.2) is 18.2 Å². The van der Waals surface area contributed by atoms with Gasteiger partial charge >= 0.3 is 0 Å². The summed E-state index contributed by atoms with van der Waals surface area (Å²) in [7, 11) is 1.80. The molecular formula is C11H13N3O2. The number of nitrogens with two attached hydrogens (primary N) is 1. The molecule has 1 aromatic carbocycles. The Hall–Kier alpha value is -2.04. The summed E-state index contributed by atoms with van der Waals surface area (Å²) in [4.78, 5) is 15.6. The molecule has 5 nitrogen and oxygen atoms in total. The Bertz CT molecular complexity index is 545. The van der Waals surface area contributed by atoms with Gasteiger partial charge in [-0.1, -0.05) is 6.07 Å². The molecule has 0 aliphatic rings. The molecule has 84 valence electrons. The van der Waals surface area contributed by atoms with Crippen molar-refractivity contribution in [2.24, 2.45) is 12.8 Å². The van der Waals surface area contributed by atoms with Crippen molar-refractivity contribution < 1.29 is 9.53 Å². The minimum Gasteiger partial charge on any atom is -0.465 e. The maximum Gasteiger partial charge on any atom is 0.297 e. The lowest BCUT2D eigenvalue weighted by atomic mass is 10.2.